The molecule has 0 aromatic rings. The van der Waals surface area contributed by atoms with Crippen LogP contribution in [0, 0.1) is 0 Å². The number of carbonyl (C=O) groups is 1. The first kappa shape index (κ1) is 22.7. The fourth-order valence-electron chi connectivity index (χ4n) is 4.00. The Bertz CT molecular complexity index is 956. The predicted molar refractivity (Wildman–Crippen MR) is 123 cm³/mol. The van der Waals surface area contributed by atoms with Gasteiger partial charge in [-0.3, -0.25) is 4.79 Å². The molecule has 1 fully saturated rings. The number of carbonyl (C=O) groups excluding carboxylic acids is 1. The maximum absolute atomic E-state index is 12.8. The molecule has 1 atom stereocenters. The number of nitrogens with zero attached hydrogens (tertiary/aromatic N) is 2. The predicted octanol–water partition coefficient (Wildman–Crippen LogP) is 3.50. The van der Waals surface area contributed by atoms with E-state index < -0.39 is 0 Å². The van der Waals surface area contributed by atoms with Crippen LogP contribution in [0.15, 0.2) is 82.2 Å². The van der Waals surface area contributed by atoms with Crippen LogP contribution >= 0.6 is 0 Å². The minimum absolute atomic E-state index is 0.0330. The number of rotatable bonds is 5. The maximum atomic E-state index is 12.8. The fourth-order valence-corrected chi connectivity index (χ4v) is 4.00. The second-order valence-electron chi connectivity index (χ2n) is 8.40. The summed E-state index contributed by atoms with van der Waals surface area (Å²) in [5.74, 6) is 0.814. The average Bonchev–Trinajstić information content (AvgIpc) is 2.92. The quantitative estimate of drug-likeness (QED) is 0.709. The summed E-state index contributed by atoms with van der Waals surface area (Å²) < 4.78 is 5.94. The van der Waals surface area contributed by atoms with E-state index in [1.54, 1.807) is 25.2 Å². The van der Waals surface area contributed by atoms with Crippen molar-refractivity contribution in [1.29, 1.82) is 0 Å². The maximum Gasteiger partial charge on any atom is 0.254 e. The van der Waals surface area contributed by atoms with Crippen molar-refractivity contribution >= 4 is 5.91 Å². The van der Waals surface area contributed by atoms with E-state index in [0.717, 1.165) is 35.4 Å². The molecule has 0 radical (unpaired) electrons. The molecule has 0 aromatic carbocycles. The average molecular weight is 424 g/mol. The second-order valence-corrected chi connectivity index (χ2v) is 8.40. The van der Waals surface area contributed by atoms with E-state index in [4.69, 9.17) is 4.74 Å². The molecule has 1 aliphatic carbocycles. The van der Waals surface area contributed by atoms with Crippen molar-refractivity contribution in [3.8, 4) is 0 Å². The monoisotopic (exact) mass is 423 g/mol. The highest BCUT2D eigenvalue weighted by atomic mass is 16.5. The van der Waals surface area contributed by atoms with Gasteiger partial charge in [-0.1, -0.05) is 24.3 Å². The van der Waals surface area contributed by atoms with E-state index in [0.29, 0.717) is 23.6 Å². The fraction of sp³-hybridized carbons (Fsp3) is 0.400. The van der Waals surface area contributed by atoms with Crippen molar-refractivity contribution in [3.05, 3.63) is 82.2 Å². The second kappa shape index (κ2) is 9.43. The molecule has 6 heteroatoms. The topological polar surface area (TPSA) is 65.0 Å². The van der Waals surface area contributed by atoms with Crippen LogP contribution in [-0.2, 0) is 9.53 Å². The van der Waals surface area contributed by atoms with Gasteiger partial charge in [0.05, 0.1) is 36.2 Å². The number of aliphatic hydroxyl groups excluding tert-OH is 1. The van der Waals surface area contributed by atoms with Gasteiger partial charge in [0.25, 0.3) is 5.91 Å². The lowest BCUT2D eigenvalue weighted by Gasteiger charge is -2.36. The summed E-state index contributed by atoms with van der Waals surface area (Å²) in [5, 5.41) is 13.6. The molecule has 6 nitrogen and oxygen atoms in total. The van der Waals surface area contributed by atoms with Crippen molar-refractivity contribution in [3.63, 3.8) is 0 Å². The Morgan fingerprint density at radius 2 is 2.13 bits per heavy atom. The first-order chi connectivity index (χ1) is 14.7. The molecular weight excluding hydrogens is 390 g/mol. The van der Waals surface area contributed by atoms with Gasteiger partial charge < -0.3 is 25.0 Å². The van der Waals surface area contributed by atoms with Crippen molar-refractivity contribution in [1.82, 2.24) is 15.1 Å². The zero-order valence-electron chi connectivity index (χ0n) is 19.2. The molecule has 31 heavy (non-hydrogen) atoms. The van der Waals surface area contributed by atoms with Crippen LogP contribution in [0.2, 0.25) is 0 Å². The minimum Gasteiger partial charge on any atom is -0.493 e. The van der Waals surface area contributed by atoms with Crippen LogP contribution in [0.4, 0.5) is 0 Å². The number of allylic oxidation sites excluding steroid dienone is 5. The Morgan fingerprint density at radius 3 is 2.77 bits per heavy atom. The molecule has 2 heterocycles. The summed E-state index contributed by atoms with van der Waals surface area (Å²) in [6, 6.07) is 0.0330. The molecule has 0 spiro atoms. The molecule has 0 bridgehead atoms. The summed E-state index contributed by atoms with van der Waals surface area (Å²) in [6.07, 6.45) is 11.6. The number of nitrogens with one attached hydrogen (secondary N) is 1. The van der Waals surface area contributed by atoms with Gasteiger partial charge in [0, 0.05) is 38.0 Å². The van der Waals surface area contributed by atoms with Gasteiger partial charge in [0.2, 0.25) is 0 Å². The molecule has 1 amide bonds. The molecular formula is C25H33N3O3. The summed E-state index contributed by atoms with van der Waals surface area (Å²) >= 11 is 0. The molecule has 3 rings (SSSR count). The molecule has 1 saturated heterocycles. The first-order valence-corrected chi connectivity index (χ1v) is 10.6. The zero-order chi connectivity index (χ0) is 22.7. The Hall–Kier alpha value is -2.99. The summed E-state index contributed by atoms with van der Waals surface area (Å²) in [4.78, 5) is 16.2. The molecule has 2 aliphatic heterocycles. The molecule has 0 saturated carbocycles. The molecule has 3 aliphatic rings. The van der Waals surface area contributed by atoms with Crippen LogP contribution in [0.1, 0.15) is 33.6 Å². The molecule has 166 valence electrons. The van der Waals surface area contributed by atoms with Crippen molar-refractivity contribution < 1.29 is 14.6 Å². The molecule has 1 unspecified atom stereocenters. The van der Waals surface area contributed by atoms with Crippen LogP contribution in [0.25, 0.3) is 0 Å². The van der Waals surface area contributed by atoms with Gasteiger partial charge >= 0.3 is 0 Å². The van der Waals surface area contributed by atoms with Crippen molar-refractivity contribution in [2.24, 2.45) is 0 Å². The third-order valence-corrected chi connectivity index (χ3v) is 5.68. The summed E-state index contributed by atoms with van der Waals surface area (Å²) in [5.41, 5.74) is 5.96. The number of likely N-dealkylation sites (N-methyl/N-ethyl adjacent to an activating group) is 1. The van der Waals surface area contributed by atoms with E-state index >= 15 is 0 Å². The van der Waals surface area contributed by atoms with Crippen LogP contribution in [-0.4, -0.2) is 54.2 Å². The highest BCUT2D eigenvalue weighted by molar-refractivity contribution is 5.96. The van der Waals surface area contributed by atoms with Crippen LogP contribution in [0.3, 0.4) is 0 Å². The van der Waals surface area contributed by atoms with E-state index in [1.165, 1.54) is 5.57 Å². The molecule has 0 aromatic heterocycles. The lowest BCUT2D eigenvalue weighted by Crippen LogP contribution is -2.40. The largest absolute Gasteiger partial charge is 0.493 e. The number of hydrogen-bond acceptors (Lipinski definition) is 5. The SMILES string of the molecule is C=C1C(NC2CCOC3=CCC=CC(C)=C32)=CC(C(=O)N(C)C)=CN1C(CO)=C(C)C. The van der Waals surface area contributed by atoms with Gasteiger partial charge in [0.15, 0.2) is 0 Å². The third-order valence-electron chi connectivity index (χ3n) is 5.68. The Labute approximate surface area is 185 Å². The number of fused-ring (bicyclic) bond motifs is 1. The molecule has 2 N–H and O–H groups in total. The van der Waals surface area contributed by atoms with Crippen LogP contribution < -0.4 is 5.32 Å². The van der Waals surface area contributed by atoms with E-state index in [-0.39, 0.29) is 18.6 Å². The standard InChI is InChI=1S/C25H33N3O3/c1-16(2)22(15-29)28-14-19(25(30)27(5)6)13-21(18(28)4)26-20-11-12-31-23-10-8-7-9-17(3)24(20)23/h7,9-10,13-14,20,26,29H,4,8,11-12,15H2,1-3,5-6H3. The number of amides is 1. The number of aliphatic hydroxyl groups is 1. The van der Waals surface area contributed by atoms with Gasteiger partial charge in [-0.15, -0.1) is 0 Å². The Morgan fingerprint density at radius 1 is 1.39 bits per heavy atom. The zero-order valence-corrected chi connectivity index (χ0v) is 19.2. The van der Waals surface area contributed by atoms with Gasteiger partial charge in [-0.2, -0.15) is 0 Å². The van der Waals surface area contributed by atoms with Gasteiger partial charge in [-0.05, 0) is 44.9 Å². The van der Waals surface area contributed by atoms with E-state index in [1.807, 2.05) is 24.8 Å². The van der Waals surface area contributed by atoms with E-state index in [2.05, 4.69) is 37.0 Å². The minimum atomic E-state index is -0.145. The van der Waals surface area contributed by atoms with Gasteiger partial charge in [-0.25, -0.2) is 0 Å². The summed E-state index contributed by atoms with van der Waals surface area (Å²) in [6.45, 7) is 10.7. The lowest BCUT2D eigenvalue weighted by atomic mass is 9.94. The number of hydrogen-bond donors (Lipinski definition) is 2. The highest BCUT2D eigenvalue weighted by Crippen LogP contribution is 2.33. The Kier molecular flexibility index (Phi) is 6.91. The van der Waals surface area contributed by atoms with Gasteiger partial charge in [0.1, 0.15) is 5.76 Å². The highest BCUT2D eigenvalue weighted by Gasteiger charge is 2.30. The number of ether oxygens (including phenoxy) is 1. The summed E-state index contributed by atoms with van der Waals surface area (Å²) in [7, 11) is 3.46. The smallest absolute Gasteiger partial charge is 0.254 e. The van der Waals surface area contributed by atoms with E-state index in [9.17, 15) is 9.90 Å². The van der Waals surface area contributed by atoms with Crippen molar-refractivity contribution in [2.45, 2.75) is 39.7 Å². The normalized spacial score (nSPS) is 20.7. The third kappa shape index (κ3) is 4.69. The van der Waals surface area contributed by atoms with Crippen molar-refractivity contribution in [2.75, 3.05) is 27.3 Å². The Balaban J connectivity index is 2.01. The van der Waals surface area contributed by atoms with Crippen LogP contribution in [0.5, 0.6) is 0 Å². The lowest BCUT2D eigenvalue weighted by molar-refractivity contribution is -0.124. The first-order valence-electron chi connectivity index (χ1n) is 10.6.